The van der Waals surface area contributed by atoms with E-state index in [0.29, 0.717) is 12.4 Å². The second kappa shape index (κ2) is 8.45. The van der Waals surface area contributed by atoms with Crippen molar-refractivity contribution in [2.45, 2.75) is 39.7 Å². The number of aromatic nitrogens is 2. The first-order valence-electron chi connectivity index (χ1n) is 10.3. The van der Waals surface area contributed by atoms with E-state index < -0.39 is 0 Å². The summed E-state index contributed by atoms with van der Waals surface area (Å²) < 4.78 is 5.90. The molecular formula is C22H30N4O2. The molecule has 0 spiro atoms. The molecule has 0 unspecified atom stereocenters. The molecule has 0 aliphatic carbocycles. The third-order valence-corrected chi connectivity index (χ3v) is 5.72. The summed E-state index contributed by atoms with van der Waals surface area (Å²) >= 11 is 0. The Morgan fingerprint density at radius 1 is 1.04 bits per heavy atom. The van der Waals surface area contributed by atoms with Crippen molar-refractivity contribution < 1.29 is 9.84 Å². The number of phenolic OH excluding ortho intramolecular Hbond substituents is 1. The van der Waals surface area contributed by atoms with Gasteiger partial charge in [-0.15, -0.1) is 0 Å². The van der Waals surface area contributed by atoms with E-state index in [9.17, 15) is 5.11 Å². The Morgan fingerprint density at radius 3 is 2.64 bits per heavy atom. The second-order valence-electron chi connectivity index (χ2n) is 7.96. The lowest BCUT2D eigenvalue weighted by Crippen LogP contribution is -2.38. The van der Waals surface area contributed by atoms with Crippen molar-refractivity contribution in [3.8, 4) is 22.8 Å². The highest BCUT2D eigenvalue weighted by atomic mass is 16.5. The number of aromatic hydroxyl groups is 1. The third kappa shape index (κ3) is 4.28. The third-order valence-electron chi connectivity index (χ3n) is 5.72. The summed E-state index contributed by atoms with van der Waals surface area (Å²) in [5.41, 5.74) is 4.47. The van der Waals surface area contributed by atoms with Crippen LogP contribution in [-0.4, -0.2) is 64.2 Å². The van der Waals surface area contributed by atoms with E-state index in [-0.39, 0.29) is 5.75 Å². The lowest BCUT2D eigenvalue weighted by atomic mass is 10.0. The molecule has 2 aliphatic rings. The lowest BCUT2D eigenvalue weighted by Gasteiger charge is -2.29. The molecule has 0 saturated carbocycles. The summed E-state index contributed by atoms with van der Waals surface area (Å²) in [5.74, 6) is 0.801. The molecule has 1 fully saturated rings. The predicted octanol–water partition coefficient (Wildman–Crippen LogP) is 3.15. The maximum Gasteiger partial charge on any atom is 0.165 e. The number of aryl methyl sites for hydroxylation is 2. The molecule has 4 rings (SSSR count). The molecule has 2 aliphatic heterocycles. The van der Waals surface area contributed by atoms with Crippen molar-refractivity contribution in [1.29, 1.82) is 0 Å². The van der Waals surface area contributed by atoms with Crippen LogP contribution in [0.2, 0.25) is 0 Å². The minimum absolute atomic E-state index is 0.188. The number of benzene rings is 1. The Kier molecular flexibility index (Phi) is 5.78. The summed E-state index contributed by atoms with van der Waals surface area (Å²) in [4.78, 5) is 14.1. The van der Waals surface area contributed by atoms with Gasteiger partial charge < -0.3 is 14.7 Å². The van der Waals surface area contributed by atoms with Crippen LogP contribution >= 0.6 is 0 Å². The Morgan fingerprint density at radius 2 is 1.82 bits per heavy atom. The first-order valence-corrected chi connectivity index (χ1v) is 10.3. The lowest BCUT2D eigenvalue weighted by molar-refractivity contribution is 0.168. The van der Waals surface area contributed by atoms with E-state index in [1.807, 2.05) is 13.8 Å². The summed E-state index contributed by atoms with van der Waals surface area (Å²) in [5, 5.41) is 10.6. The molecule has 1 N–H and O–H groups in total. The van der Waals surface area contributed by atoms with Crippen LogP contribution in [0.15, 0.2) is 18.3 Å². The van der Waals surface area contributed by atoms with Gasteiger partial charge in [0.05, 0.1) is 17.1 Å². The van der Waals surface area contributed by atoms with Crippen LogP contribution in [0.5, 0.6) is 11.5 Å². The van der Waals surface area contributed by atoms with Crippen LogP contribution in [-0.2, 0) is 6.54 Å². The van der Waals surface area contributed by atoms with Crippen LogP contribution < -0.4 is 4.74 Å². The number of piperidine rings is 1. The monoisotopic (exact) mass is 382 g/mol. The van der Waals surface area contributed by atoms with Crippen LogP contribution in [0.1, 0.15) is 36.2 Å². The van der Waals surface area contributed by atoms with Crippen molar-refractivity contribution in [1.82, 2.24) is 19.8 Å². The fraction of sp³-hybridized carbons (Fsp3) is 0.545. The maximum atomic E-state index is 10.6. The highest BCUT2D eigenvalue weighted by Gasteiger charge is 2.21. The zero-order valence-electron chi connectivity index (χ0n) is 16.9. The molecule has 150 valence electrons. The molecule has 0 bridgehead atoms. The van der Waals surface area contributed by atoms with E-state index in [1.54, 1.807) is 12.3 Å². The molecule has 0 atom stereocenters. The summed E-state index contributed by atoms with van der Waals surface area (Å²) in [6.45, 7) is 10.7. The number of rotatable bonds is 4. The SMILES string of the molecule is Cc1cnc(C)c(-c2cc(O)c3c(c2)CN(CCN2CCCCC2)CCO3)n1. The Labute approximate surface area is 167 Å². The van der Waals surface area contributed by atoms with Gasteiger partial charge in [-0.05, 0) is 51.9 Å². The minimum Gasteiger partial charge on any atom is -0.504 e. The Bertz CT molecular complexity index is 834. The fourth-order valence-corrected chi connectivity index (χ4v) is 4.16. The fourth-order valence-electron chi connectivity index (χ4n) is 4.16. The zero-order valence-corrected chi connectivity index (χ0v) is 16.9. The molecule has 28 heavy (non-hydrogen) atoms. The van der Waals surface area contributed by atoms with Crippen LogP contribution in [0.3, 0.4) is 0 Å². The normalized spacial score (nSPS) is 18.4. The quantitative estimate of drug-likeness (QED) is 0.877. The molecule has 6 nitrogen and oxygen atoms in total. The van der Waals surface area contributed by atoms with Gasteiger partial charge in [-0.2, -0.15) is 0 Å². The molecule has 6 heteroatoms. The molecule has 1 aromatic carbocycles. The van der Waals surface area contributed by atoms with Gasteiger partial charge in [0.2, 0.25) is 0 Å². The van der Waals surface area contributed by atoms with Crippen molar-refractivity contribution in [2.24, 2.45) is 0 Å². The second-order valence-corrected chi connectivity index (χ2v) is 7.96. The number of ether oxygens (including phenoxy) is 1. The smallest absolute Gasteiger partial charge is 0.165 e. The Balaban J connectivity index is 1.55. The van der Waals surface area contributed by atoms with Gasteiger partial charge in [-0.1, -0.05) is 6.42 Å². The van der Waals surface area contributed by atoms with Crippen LogP contribution in [0.4, 0.5) is 0 Å². The number of hydrogen-bond acceptors (Lipinski definition) is 6. The van der Waals surface area contributed by atoms with Crippen LogP contribution in [0, 0.1) is 13.8 Å². The number of phenols is 1. The van der Waals surface area contributed by atoms with Gasteiger partial charge in [-0.3, -0.25) is 9.88 Å². The van der Waals surface area contributed by atoms with E-state index in [2.05, 4.69) is 25.8 Å². The average molecular weight is 383 g/mol. The first-order chi connectivity index (χ1) is 13.6. The molecule has 2 aromatic rings. The highest BCUT2D eigenvalue weighted by Crippen LogP contribution is 2.37. The Hall–Kier alpha value is -2.18. The van der Waals surface area contributed by atoms with E-state index in [4.69, 9.17) is 4.74 Å². The van der Waals surface area contributed by atoms with E-state index in [0.717, 1.165) is 54.4 Å². The van der Waals surface area contributed by atoms with Gasteiger partial charge in [0, 0.05) is 43.5 Å². The van der Waals surface area contributed by atoms with Gasteiger partial charge in [0.15, 0.2) is 11.5 Å². The van der Waals surface area contributed by atoms with Crippen molar-refractivity contribution in [2.75, 3.05) is 39.3 Å². The largest absolute Gasteiger partial charge is 0.504 e. The highest BCUT2D eigenvalue weighted by molar-refractivity contribution is 5.67. The summed E-state index contributed by atoms with van der Waals surface area (Å²) in [6, 6.07) is 3.85. The standard InChI is InChI=1S/C22H30N4O2/c1-16-14-23-17(2)21(24-16)18-12-19-15-26(9-8-25-6-4-3-5-7-25)10-11-28-22(19)20(27)13-18/h12-14,27H,3-11,15H2,1-2H3. The molecular weight excluding hydrogens is 352 g/mol. The van der Waals surface area contributed by atoms with Crippen molar-refractivity contribution in [3.63, 3.8) is 0 Å². The van der Waals surface area contributed by atoms with Gasteiger partial charge in [0.1, 0.15) is 6.61 Å². The van der Waals surface area contributed by atoms with Gasteiger partial charge in [0.25, 0.3) is 0 Å². The van der Waals surface area contributed by atoms with Gasteiger partial charge >= 0.3 is 0 Å². The predicted molar refractivity (Wildman–Crippen MR) is 110 cm³/mol. The maximum absolute atomic E-state index is 10.6. The molecule has 3 heterocycles. The summed E-state index contributed by atoms with van der Waals surface area (Å²) in [7, 11) is 0. The van der Waals surface area contributed by atoms with Crippen molar-refractivity contribution >= 4 is 0 Å². The zero-order chi connectivity index (χ0) is 19.5. The first kappa shape index (κ1) is 19.2. The molecule has 1 aromatic heterocycles. The van der Waals surface area contributed by atoms with E-state index >= 15 is 0 Å². The molecule has 0 amide bonds. The number of hydrogen-bond donors (Lipinski definition) is 1. The number of fused-ring (bicyclic) bond motifs is 1. The number of likely N-dealkylation sites (tertiary alicyclic amines) is 1. The topological polar surface area (TPSA) is 61.7 Å². The van der Waals surface area contributed by atoms with Crippen molar-refractivity contribution in [3.05, 3.63) is 35.3 Å². The van der Waals surface area contributed by atoms with Crippen LogP contribution in [0.25, 0.3) is 11.3 Å². The molecule has 0 radical (unpaired) electrons. The number of nitrogens with zero attached hydrogens (tertiary/aromatic N) is 4. The average Bonchev–Trinajstić information content (AvgIpc) is 2.91. The molecule has 1 saturated heterocycles. The summed E-state index contributed by atoms with van der Waals surface area (Å²) in [6.07, 6.45) is 5.78. The minimum atomic E-state index is 0.188. The van der Waals surface area contributed by atoms with Gasteiger partial charge in [-0.25, -0.2) is 4.98 Å². The van der Waals surface area contributed by atoms with E-state index in [1.165, 1.54) is 32.4 Å².